The van der Waals surface area contributed by atoms with E-state index in [2.05, 4.69) is 86.0 Å². The van der Waals surface area contributed by atoms with Crippen molar-refractivity contribution in [2.75, 3.05) is 6.61 Å². The van der Waals surface area contributed by atoms with Crippen molar-refractivity contribution >= 4 is 5.91 Å². The maximum Gasteiger partial charge on any atom is 0.220 e. The maximum atomic E-state index is 12.3. The van der Waals surface area contributed by atoms with Crippen molar-refractivity contribution in [3.8, 4) is 0 Å². The highest BCUT2D eigenvalue weighted by Crippen LogP contribution is 2.13. The minimum Gasteiger partial charge on any atom is -0.394 e. The molecule has 0 aromatic rings. The van der Waals surface area contributed by atoms with Crippen LogP contribution in [0.5, 0.6) is 0 Å². The molecule has 0 bridgehead atoms. The van der Waals surface area contributed by atoms with Crippen LogP contribution >= 0.6 is 0 Å². The zero-order valence-electron chi connectivity index (χ0n) is 30.5. The zero-order valence-corrected chi connectivity index (χ0v) is 30.5. The van der Waals surface area contributed by atoms with E-state index >= 15 is 0 Å². The van der Waals surface area contributed by atoms with Crippen molar-refractivity contribution in [1.29, 1.82) is 0 Å². The summed E-state index contributed by atoms with van der Waals surface area (Å²) in [6.45, 7) is 4.12. The van der Waals surface area contributed by atoms with Gasteiger partial charge < -0.3 is 15.5 Å². The number of unbranched alkanes of at least 4 members (excludes halogenated alkanes) is 14. The third kappa shape index (κ3) is 34.7. The normalized spacial score (nSPS) is 14.0. The molecule has 268 valence electrons. The van der Waals surface area contributed by atoms with Crippen molar-refractivity contribution < 1.29 is 15.0 Å². The summed E-state index contributed by atoms with van der Waals surface area (Å²) in [5, 5.41) is 22.8. The summed E-state index contributed by atoms with van der Waals surface area (Å²) in [7, 11) is 0. The molecule has 0 fully saturated rings. The standard InChI is InChI=1S/C43H73NO3/c1-3-5-7-9-11-13-15-17-18-19-20-21-22-23-24-25-27-28-30-32-34-36-38-42(46)41(40-45)44-43(47)39-37-35-33-31-29-26-16-14-12-10-8-6-4-2/h6,8,12,14,23-24,26,28-30,33,35-36,38,41-42,45-46H,3-5,7,9-11,13,15-22,25,27,31-32,34,37,39-40H2,1-2H3,(H,44,47)/b8-6-,14-12-,24-23+,29-26-,30-28+,35-33-,38-36+. The van der Waals surface area contributed by atoms with Crippen molar-refractivity contribution in [1.82, 2.24) is 5.32 Å². The Labute approximate surface area is 291 Å². The van der Waals surface area contributed by atoms with Crippen LogP contribution in [0.4, 0.5) is 0 Å². The lowest BCUT2D eigenvalue weighted by Crippen LogP contribution is -2.45. The first-order valence-corrected chi connectivity index (χ1v) is 19.3. The molecule has 0 aromatic heterocycles. The number of hydrogen-bond acceptors (Lipinski definition) is 3. The summed E-state index contributed by atoms with van der Waals surface area (Å²) in [6, 6.07) is -0.687. The molecule has 3 N–H and O–H groups in total. The molecule has 0 radical (unpaired) electrons. The Kier molecular flexibility index (Phi) is 36.1. The van der Waals surface area contributed by atoms with E-state index < -0.39 is 12.1 Å². The number of rotatable bonds is 33. The number of amides is 1. The number of carbonyl (C=O) groups is 1. The Hall–Kier alpha value is -2.43. The fourth-order valence-corrected chi connectivity index (χ4v) is 5.16. The van der Waals surface area contributed by atoms with E-state index in [0.717, 1.165) is 51.4 Å². The van der Waals surface area contributed by atoms with Gasteiger partial charge in [-0.25, -0.2) is 0 Å². The van der Waals surface area contributed by atoms with E-state index in [9.17, 15) is 15.0 Å². The van der Waals surface area contributed by atoms with Gasteiger partial charge in [-0.1, -0.05) is 170 Å². The fourth-order valence-electron chi connectivity index (χ4n) is 5.16. The lowest BCUT2D eigenvalue weighted by Gasteiger charge is -2.19. The number of aliphatic hydroxyl groups is 2. The molecule has 0 aliphatic rings. The average molecular weight is 652 g/mol. The molecule has 0 rings (SSSR count). The molecule has 2 atom stereocenters. The Morgan fingerprint density at radius 3 is 1.47 bits per heavy atom. The van der Waals surface area contributed by atoms with Gasteiger partial charge >= 0.3 is 0 Å². The van der Waals surface area contributed by atoms with E-state index in [1.54, 1.807) is 6.08 Å². The predicted octanol–water partition coefficient (Wildman–Crippen LogP) is 11.7. The second kappa shape index (κ2) is 38.0. The van der Waals surface area contributed by atoms with Crippen LogP contribution in [0.2, 0.25) is 0 Å². The highest BCUT2D eigenvalue weighted by Gasteiger charge is 2.17. The van der Waals surface area contributed by atoms with Crippen LogP contribution in [-0.4, -0.2) is 34.9 Å². The number of carbonyl (C=O) groups excluding carboxylic acids is 1. The molecule has 0 heterocycles. The lowest BCUT2D eigenvalue weighted by atomic mass is 10.0. The summed E-state index contributed by atoms with van der Waals surface area (Å²) in [4.78, 5) is 12.3. The van der Waals surface area contributed by atoms with Crippen molar-refractivity contribution in [3.63, 3.8) is 0 Å². The largest absolute Gasteiger partial charge is 0.394 e. The van der Waals surface area contributed by atoms with Crippen molar-refractivity contribution in [3.05, 3.63) is 85.1 Å². The van der Waals surface area contributed by atoms with Gasteiger partial charge in [0, 0.05) is 6.42 Å². The highest BCUT2D eigenvalue weighted by molar-refractivity contribution is 5.76. The Bertz CT molecular complexity index is 879. The molecule has 0 aromatic carbocycles. The first-order chi connectivity index (χ1) is 23.2. The SMILES string of the molecule is CC/C=C\C/C=C\C/C=C\C/C=C\CCC(=O)NC(CO)C(O)/C=C/CC/C=C/CC/C=C/CCCCCCCCCCCCCC. The van der Waals surface area contributed by atoms with Gasteiger partial charge in [-0.05, 0) is 70.6 Å². The third-order valence-corrected chi connectivity index (χ3v) is 8.10. The topological polar surface area (TPSA) is 69.6 Å². The van der Waals surface area contributed by atoms with Gasteiger partial charge in [0.15, 0.2) is 0 Å². The van der Waals surface area contributed by atoms with E-state index in [4.69, 9.17) is 0 Å². The second-order valence-electron chi connectivity index (χ2n) is 12.6. The average Bonchev–Trinajstić information content (AvgIpc) is 3.07. The minimum absolute atomic E-state index is 0.162. The van der Waals surface area contributed by atoms with E-state index in [1.807, 2.05) is 12.2 Å². The molecule has 0 aliphatic heterocycles. The van der Waals surface area contributed by atoms with E-state index in [-0.39, 0.29) is 12.5 Å². The summed E-state index contributed by atoms with van der Waals surface area (Å²) >= 11 is 0. The smallest absolute Gasteiger partial charge is 0.220 e. The molecule has 0 saturated carbocycles. The molecule has 0 aliphatic carbocycles. The van der Waals surface area contributed by atoms with Gasteiger partial charge in [-0.15, -0.1) is 0 Å². The first kappa shape index (κ1) is 44.6. The number of nitrogens with one attached hydrogen (secondary N) is 1. The molecule has 4 heteroatoms. The summed E-state index contributed by atoms with van der Waals surface area (Å²) in [5.41, 5.74) is 0. The van der Waals surface area contributed by atoms with Crippen LogP contribution in [0, 0.1) is 0 Å². The summed E-state index contributed by atoms with van der Waals surface area (Å²) in [6.07, 6.45) is 55.5. The van der Waals surface area contributed by atoms with Gasteiger partial charge in [0.25, 0.3) is 0 Å². The Balaban J connectivity index is 3.78. The van der Waals surface area contributed by atoms with E-state index in [1.165, 1.54) is 83.5 Å². The molecule has 0 saturated heterocycles. The highest BCUT2D eigenvalue weighted by atomic mass is 16.3. The molecular weight excluding hydrogens is 578 g/mol. The fraction of sp³-hybridized carbons (Fsp3) is 0.651. The number of allylic oxidation sites excluding steroid dienone is 13. The second-order valence-corrected chi connectivity index (χ2v) is 12.6. The van der Waals surface area contributed by atoms with Gasteiger partial charge in [-0.3, -0.25) is 4.79 Å². The van der Waals surface area contributed by atoms with Crippen LogP contribution in [0.1, 0.15) is 162 Å². The van der Waals surface area contributed by atoms with Crippen LogP contribution in [-0.2, 0) is 4.79 Å². The molecule has 1 amide bonds. The van der Waals surface area contributed by atoms with Crippen LogP contribution in [0.25, 0.3) is 0 Å². The number of hydrogen-bond donors (Lipinski definition) is 3. The molecule has 47 heavy (non-hydrogen) atoms. The maximum absolute atomic E-state index is 12.3. The van der Waals surface area contributed by atoms with Gasteiger partial charge in [0.1, 0.15) is 0 Å². The molecule has 0 spiro atoms. The van der Waals surface area contributed by atoms with E-state index in [0.29, 0.717) is 12.8 Å². The lowest BCUT2D eigenvalue weighted by molar-refractivity contribution is -0.122. The predicted molar refractivity (Wildman–Crippen MR) is 207 cm³/mol. The summed E-state index contributed by atoms with van der Waals surface area (Å²) in [5.74, 6) is -0.162. The van der Waals surface area contributed by atoms with Crippen LogP contribution in [0.3, 0.4) is 0 Å². The first-order valence-electron chi connectivity index (χ1n) is 19.3. The van der Waals surface area contributed by atoms with Gasteiger partial charge in [0.05, 0.1) is 18.8 Å². The monoisotopic (exact) mass is 652 g/mol. The summed E-state index contributed by atoms with van der Waals surface area (Å²) < 4.78 is 0. The van der Waals surface area contributed by atoms with Crippen LogP contribution < -0.4 is 5.32 Å². The van der Waals surface area contributed by atoms with Gasteiger partial charge in [0.2, 0.25) is 5.91 Å². The third-order valence-electron chi connectivity index (χ3n) is 8.10. The molecule has 2 unspecified atom stereocenters. The number of aliphatic hydroxyl groups excluding tert-OH is 2. The molecular formula is C43H73NO3. The van der Waals surface area contributed by atoms with Crippen molar-refractivity contribution in [2.45, 2.75) is 174 Å². The van der Waals surface area contributed by atoms with Crippen LogP contribution in [0.15, 0.2) is 85.1 Å². The van der Waals surface area contributed by atoms with Crippen molar-refractivity contribution in [2.24, 2.45) is 0 Å². The minimum atomic E-state index is -0.902. The van der Waals surface area contributed by atoms with Gasteiger partial charge in [-0.2, -0.15) is 0 Å². The molecule has 4 nitrogen and oxygen atoms in total. The quantitative estimate of drug-likeness (QED) is 0.0488. The zero-order chi connectivity index (χ0) is 34.3. The Morgan fingerprint density at radius 2 is 0.957 bits per heavy atom. The Morgan fingerprint density at radius 1 is 0.532 bits per heavy atom.